The van der Waals surface area contributed by atoms with E-state index in [0.717, 1.165) is 36.7 Å². The van der Waals surface area contributed by atoms with Crippen LogP contribution in [0, 0.1) is 0 Å². The summed E-state index contributed by atoms with van der Waals surface area (Å²) >= 11 is 0. The van der Waals surface area contributed by atoms with Crippen molar-refractivity contribution < 1.29 is 9.47 Å². The lowest BCUT2D eigenvalue weighted by Crippen LogP contribution is -2.33. The molecule has 1 unspecified atom stereocenters. The van der Waals surface area contributed by atoms with Crippen molar-refractivity contribution in [3.63, 3.8) is 0 Å². The maximum Gasteiger partial charge on any atom is 0.127 e. The van der Waals surface area contributed by atoms with Crippen LogP contribution in [0.25, 0.3) is 0 Å². The van der Waals surface area contributed by atoms with Gasteiger partial charge in [-0.15, -0.1) is 0 Å². The molecule has 1 atom stereocenters. The molecule has 1 aromatic rings. The fraction of sp³-hybridized carbons (Fsp3) is 0.647. The van der Waals surface area contributed by atoms with Gasteiger partial charge in [0.25, 0.3) is 0 Å². The fourth-order valence-corrected chi connectivity index (χ4v) is 2.47. The molecule has 0 spiro atoms. The minimum atomic E-state index is 0.256. The van der Waals surface area contributed by atoms with E-state index in [2.05, 4.69) is 37.1 Å². The number of rotatable bonds is 10. The smallest absolute Gasteiger partial charge is 0.127 e. The SMILES string of the molecule is CCCN(CC)CCNC(C)c1ccc(OC)cc1OC. The molecule has 0 aromatic heterocycles. The normalized spacial score (nSPS) is 12.5. The van der Waals surface area contributed by atoms with Crippen LogP contribution >= 0.6 is 0 Å². The van der Waals surface area contributed by atoms with Gasteiger partial charge in [0.15, 0.2) is 0 Å². The van der Waals surface area contributed by atoms with E-state index in [9.17, 15) is 0 Å². The second kappa shape index (κ2) is 9.64. The number of benzene rings is 1. The molecule has 1 aromatic carbocycles. The molecule has 1 N–H and O–H groups in total. The zero-order valence-electron chi connectivity index (χ0n) is 14.1. The summed E-state index contributed by atoms with van der Waals surface area (Å²) in [6.45, 7) is 10.9. The van der Waals surface area contributed by atoms with Crippen molar-refractivity contribution in [2.75, 3.05) is 40.4 Å². The van der Waals surface area contributed by atoms with E-state index >= 15 is 0 Å². The summed E-state index contributed by atoms with van der Waals surface area (Å²) in [4.78, 5) is 2.46. The molecule has 1 rings (SSSR count). The van der Waals surface area contributed by atoms with Gasteiger partial charge in [-0.3, -0.25) is 0 Å². The predicted molar refractivity (Wildman–Crippen MR) is 88.4 cm³/mol. The van der Waals surface area contributed by atoms with Crippen LogP contribution in [0.3, 0.4) is 0 Å². The van der Waals surface area contributed by atoms with Gasteiger partial charge in [0, 0.05) is 30.8 Å². The highest BCUT2D eigenvalue weighted by molar-refractivity contribution is 5.42. The third kappa shape index (κ3) is 5.56. The molecular formula is C17H30N2O2. The van der Waals surface area contributed by atoms with Crippen molar-refractivity contribution >= 4 is 0 Å². The Balaban J connectivity index is 2.57. The summed E-state index contributed by atoms with van der Waals surface area (Å²) in [5.41, 5.74) is 1.16. The largest absolute Gasteiger partial charge is 0.497 e. The molecule has 0 aliphatic carbocycles. The third-order valence-corrected chi connectivity index (χ3v) is 3.77. The average Bonchev–Trinajstić information content (AvgIpc) is 2.53. The van der Waals surface area contributed by atoms with Crippen molar-refractivity contribution in [1.29, 1.82) is 0 Å². The Morgan fingerprint density at radius 3 is 2.48 bits per heavy atom. The molecule has 0 amide bonds. The Hall–Kier alpha value is -1.26. The lowest BCUT2D eigenvalue weighted by Gasteiger charge is -2.22. The van der Waals surface area contributed by atoms with Crippen LogP contribution in [-0.2, 0) is 0 Å². The Labute approximate surface area is 129 Å². The lowest BCUT2D eigenvalue weighted by molar-refractivity contribution is 0.283. The number of likely N-dealkylation sites (N-methyl/N-ethyl adjacent to an activating group) is 1. The van der Waals surface area contributed by atoms with Gasteiger partial charge in [-0.1, -0.05) is 19.9 Å². The van der Waals surface area contributed by atoms with Gasteiger partial charge >= 0.3 is 0 Å². The number of ether oxygens (including phenoxy) is 2. The lowest BCUT2D eigenvalue weighted by atomic mass is 10.1. The standard InChI is InChI=1S/C17H30N2O2/c1-6-11-19(7-2)12-10-18-14(3)16-9-8-15(20-4)13-17(16)21-5/h8-9,13-14,18H,6-7,10-12H2,1-5H3. The van der Waals surface area contributed by atoms with Gasteiger partial charge in [-0.05, 0) is 32.5 Å². The zero-order valence-corrected chi connectivity index (χ0v) is 14.1. The highest BCUT2D eigenvalue weighted by atomic mass is 16.5. The minimum absolute atomic E-state index is 0.256. The maximum absolute atomic E-state index is 5.47. The molecule has 0 saturated heterocycles. The molecule has 0 saturated carbocycles. The van der Waals surface area contributed by atoms with Crippen LogP contribution in [0.4, 0.5) is 0 Å². The first kappa shape index (κ1) is 17.8. The zero-order chi connectivity index (χ0) is 15.7. The average molecular weight is 294 g/mol. The molecule has 0 bridgehead atoms. The maximum atomic E-state index is 5.47. The predicted octanol–water partition coefficient (Wildman–Crippen LogP) is 3.09. The first-order valence-corrected chi connectivity index (χ1v) is 7.83. The molecule has 0 fully saturated rings. The van der Waals surface area contributed by atoms with E-state index in [1.54, 1.807) is 14.2 Å². The molecule has 4 heteroatoms. The molecule has 21 heavy (non-hydrogen) atoms. The highest BCUT2D eigenvalue weighted by Crippen LogP contribution is 2.29. The van der Waals surface area contributed by atoms with Gasteiger partial charge in [0.1, 0.15) is 11.5 Å². The Kier molecular flexibility index (Phi) is 8.16. The summed E-state index contributed by atoms with van der Waals surface area (Å²) in [5, 5.41) is 3.57. The van der Waals surface area contributed by atoms with Crippen molar-refractivity contribution in [3.05, 3.63) is 23.8 Å². The first-order valence-electron chi connectivity index (χ1n) is 7.83. The first-order chi connectivity index (χ1) is 10.2. The fourth-order valence-electron chi connectivity index (χ4n) is 2.47. The quantitative estimate of drug-likeness (QED) is 0.719. The molecular weight excluding hydrogens is 264 g/mol. The second-order valence-electron chi connectivity index (χ2n) is 5.22. The van der Waals surface area contributed by atoms with E-state index in [1.807, 2.05) is 12.1 Å². The summed E-state index contributed by atoms with van der Waals surface area (Å²) < 4.78 is 10.7. The van der Waals surface area contributed by atoms with Crippen LogP contribution in [0.5, 0.6) is 11.5 Å². The molecule has 0 radical (unpaired) electrons. The Morgan fingerprint density at radius 1 is 1.14 bits per heavy atom. The Bertz CT molecular complexity index is 410. The van der Waals surface area contributed by atoms with Gasteiger partial charge < -0.3 is 19.7 Å². The summed E-state index contributed by atoms with van der Waals surface area (Å²) in [7, 11) is 3.37. The Morgan fingerprint density at radius 2 is 1.90 bits per heavy atom. The molecule has 0 heterocycles. The number of hydrogen-bond donors (Lipinski definition) is 1. The number of nitrogens with one attached hydrogen (secondary N) is 1. The monoisotopic (exact) mass is 294 g/mol. The van der Waals surface area contributed by atoms with Crippen molar-refractivity contribution in [2.45, 2.75) is 33.2 Å². The van der Waals surface area contributed by atoms with Gasteiger partial charge in [-0.25, -0.2) is 0 Å². The second-order valence-corrected chi connectivity index (χ2v) is 5.22. The van der Waals surface area contributed by atoms with Gasteiger partial charge in [0.05, 0.1) is 14.2 Å². The third-order valence-electron chi connectivity index (χ3n) is 3.77. The van der Waals surface area contributed by atoms with Crippen molar-refractivity contribution in [1.82, 2.24) is 10.2 Å². The summed E-state index contributed by atoms with van der Waals surface area (Å²) in [6.07, 6.45) is 1.20. The molecule has 4 nitrogen and oxygen atoms in total. The van der Waals surface area contributed by atoms with E-state index < -0.39 is 0 Å². The van der Waals surface area contributed by atoms with Crippen LogP contribution in [0.1, 0.15) is 38.8 Å². The van der Waals surface area contributed by atoms with Crippen LogP contribution in [-0.4, -0.2) is 45.3 Å². The van der Waals surface area contributed by atoms with Crippen LogP contribution < -0.4 is 14.8 Å². The van der Waals surface area contributed by atoms with E-state index in [4.69, 9.17) is 9.47 Å². The highest BCUT2D eigenvalue weighted by Gasteiger charge is 2.12. The van der Waals surface area contributed by atoms with Crippen LogP contribution in [0.2, 0.25) is 0 Å². The van der Waals surface area contributed by atoms with E-state index in [0.29, 0.717) is 0 Å². The van der Waals surface area contributed by atoms with E-state index in [-0.39, 0.29) is 6.04 Å². The van der Waals surface area contributed by atoms with Crippen molar-refractivity contribution in [3.8, 4) is 11.5 Å². The summed E-state index contributed by atoms with van der Waals surface area (Å²) in [5.74, 6) is 1.69. The minimum Gasteiger partial charge on any atom is -0.497 e. The topological polar surface area (TPSA) is 33.7 Å². The van der Waals surface area contributed by atoms with Crippen molar-refractivity contribution in [2.24, 2.45) is 0 Å². The molecule has 120 valence electrons. The van der Waals surface area contributed by atoms with Gasteiger partial charge in [-0.2, -0.15) is 0 Å². The number of nitrogens with zero attached hydrogens (tertiary/aromatic N) is 1. The van der Waals surface area contributed by atoms with E-state index in [1.165, 1.54) is 13.0 Å². The number of methoxy groups -OCH3 is 2. The number of hydrogen-bond acceptors (Lipinski definition) is 4. The molecule has 0 aliphatic heterocycles. The summed E-state index contributed by atoms with van der Waals surface area (Å²) in [6, 6.07) is 6.24. The van der Waals surface area contributed by atoms with Gasteiger partial charge in [0.2, 0.25) is 0 Å². The van der Waals surface area contributed by atoms with Crippen LogP contribution in [0.15, 0.2) is 18.2 Å². The molecule has 0 aliphatic rings.